The molecule has 0 fully saturated rings. The van der Waals surface area contributed by atoms with Crippen molar-refractivity contribution >= 4 is 5.95 Å². The van der Waals surface area contributed by atoms with Crippen LogP contribution in [0.25, 0.3) is 11.4 Å². The first-order valence-electron chi connectivity index (χ1n) is 5.31. The van der Waals surface area contributed by atoms with Crippen LogP contribution in [0.3, 0.4) is 0 Å². The molecular formula is C11H12N4O. The Labute approximate surface area is 92.7 Å². The van der Waals surface area contributed by atoms with Crippen molar-refractivity contribution in [2.75, 3.05) is 11.9 Å². The molecule has 0 spiro atoms. The summed E-state index contributed by atoms with van der Waals surface area (Å²) in [5, 5.41) is 20.7. The number of aromatic nitrogens is 3. The Kier molecular flexibility index (Phi) is 2.02. The van der Waals surface area contributed by atoms with Crippen LogP contribution in [-0.4, -0.2) is 26.4 Å². The number of phenolic OH excluding ortho intramolecular Hbond substituents is 1. The van der Waals surface area contributed by atoms with Gasteiger partial charge in [0.15, 0.2) is 5.82 Å². The van der Waals surface area contributed by atoms with E-state index in [1.54, 1.807) is 12.1 Å². The summed E-state index contributed by atoms with van der Waals surface area (Å²) in [5.74, 6) is 1.94. The van der Waals surface area contributed by atoms with Crippen molar-refractivity contribution in [3.8, 4) is 17.1 Å². The summed E-state index contributed by atoms with van der Waals surface area (Å²) >= 11 is 0. The third kappa shape index (κ3) is 1.41. The largest absolute Gasteiger partial charge is 0.508 e. The van der Waals surface area contributed by atoms with Crippen molar-refractivity contribution in [1.82, 2.24) is 14.8 Å². The van der Waals surface area contributed by atoms with E-state index in [0.29, 0.717) is 0 Å². The lowest BCUT2D eigenvalue weighted by molar-refractivity contribution is 0.475. The number of nitrogens with one attached hydrogen (secondary N) is 1. The van der Waals surface area contributed by atoms with Crippen molar-refractivity contribution in [3.63, 3.8) is 0 Å². The second kappa shape index (κ2) is 3.52. The molecule has 5 heteroatoms. The highest BCUT2D eigenvalue weighted by molar-refractivity contribution is 5.58. The van der Waals surface area contributed by atoms with Gasteiger partial charge in [0.2, 0.25) is 5.95 Å². The molecule has 0 saturated heterocycles. The second-order valence-corrected chi connectivity index (χ2v) is 3.83. The van der Waals surface area contributed by atoms with Gasteiger partial charge in [0.05, 0.1) is 0 Å². The lowest BCUT2D eigenvalue weighted by atomic mass is 10.2. The number of phenols is 1. The fourth-order valence-electron chi connectivity index (χ4n) is 1.91. The first kappa shape index (κ1) is 9.21. The standard InChI is InChI=1S/C11H12N4O/c16-9-4-2-8(3-5-9)10-13-14-11-12-6-1-7-15(10)11/h2-5,16H,1,6-7H2,(H,12,14). The van der Waals surface area contributed by atoms with E-state index in [-0.39, 0.29) is 5.75 Å². The van der Waals surface area contributed by atoms with Gasteiger partial charge in [-0.3, -0.25) is 4.57 Å². The number of anilines is 1. The third-order valence-corrected chi connectivity index (χ3v) is 2.72. The zero-order valence-corrected chi connectivity index (χ0v) is 8.72. The van der Waals surface area contributed by atoms with E-state index in [4.69, 9.17) is 0 Å². The Bertz CT molecular complexity index is 503. The van der Waals surface area contributed by atoms with Gasteiger partial charge in [-0.1, -0.05) is 0 Å². The zero-order valence-electron chi connectivity index (χ0n) is 8.72. The Morgan fingerprint density at radius 3 is 2.81 bits per heavy atom. The Balaban J connectivity index is 2.06. The van der Waals surface area contributed by atoms with Crippen LogP contribution in [0, 0.1) is 0 Å². The van der Waals surface area contributed by atoms with E-state index in [0.717, 1.165) is 36.8 Å². The first-order valence-corrected chi connectivity index (χ1v) is 5.31. The molecule has 0 aliphatic carbocycles. The predicted molar refractivity (Wildman–Crippen MR) is 60.2 cm³/mol. The molecule has 3 rings (SSSR count). The minimum Gasteiger partial charge on any atom is -0.508 e. The molecule has 1 aliphatic heterocycles. The second-order valence-electron chi connectivity index (χ2n) is 3.83. The number of aromatic hydroxyl groups is 1. The number of rotatable bonds is 1. The summed E-state index contributed by atoms with van der Waals surface area (Å²) in [6, 6.07) is 7.02. The molecule has 2 heterocycles. The van der Waals surface area contributed by atoms with Crippen LogP contribution in [0.15, 0.2) is 24.3 Å². The number of hydrogen-bond donors (Lipinski definition) is 2. The minimum absolute atomic E-state index is 0.264. The minimum atomic E-state index is 0.264. The van der Waals surface area contributed by atoms with Gasteiger partial charge in [0, 0.05) is 18.7 Å². The summed E-state index contributed by atoms with van der Waals surface area (Å²) in [5.41, 5.74) is 0.972. The molecule has 1 aromatic heterocycles. The van der Waals surface area contributed by atoms with E-state index in [2.05, 4.69) is 20.1 Å². The average molecular weight is 216 g/mol. The molecule has 0 unspecified atom stereocenters. The van der Waals surface area contributed by atoms with Crippen LogP contribution in [0.5, 0.6) is 5.75 Å². The molecule has 16 heavy (non-hydrogen) atoms. The maximum Gasteiger partial charge on any atom is 0.224 e. The fourth-order valence-corrected chi connectivity index (χ4v) is 1.91. The van der Waals surface area contributed by atoms with E-state index < -0.39 is 0 Å². The number of benzene rings is 1. The molecule has 1 aromatic carbocycles. The van der Waals surface area contributed by atoms with Crippen LogP contribution in [-0.2, 0) is 6.54 Å². The van der Waals surface area contributed by atoms with Gasteiger partial charge in [-0.15, -0.1) is 10.2 Å². The van der Waals surface area contributed by atoms with E-state index in [1.807, 2.05) is 12.1 Å². The number of nitrogens with zero attached hydrogens (tertiary/aromatic N) is 3. The Morgan fingerprint density at radius 1 is 1.19 bits per heavy atom. The summed E-state index contributed by atoms with van der Waals surface area (Å²) in [4.78, 5) is 0. The molecule has 2 aromatic rings. The highest BCUT2D eigenvalue weighted by Crippen LogP contribution is 2.24. The van der Waals surface area contributed by atoms with Gasteiger partial charge in [-0.05, 0) is 30.7 Å². The van der Waals surface area contributed by atoms with Gasteiger partial charge in [0.25, 0.3) is 0 Å². The lowest BCUT2D eigenvalue weighted by Gasteiger charge is -2.16. The SMILES string of the molecule is Oc1ccc(-c2nnc3n2CCCN3)cc1. The van der Waals surface area contributed by atoms with Crippen molar-refractivity contribution in [1.29, 1.82) is 0 Å². The molecule has 1 aliphatic rings. The topological polar surface area (TPSA) is 63.0 Å². The fraction of sp³-hybridized carbons (Fsp3) is 0.273. The monoisotopic (exact) mass is 216 g/mol. The maximum atomic E-state index is 9.24. The summed E-state index contributed by atoms with van der Waals surface area (Å²) in [6.45, 7) is 1.89. The van der Waals surface area contributed by atoms with Gasteiger partial charge >= 0.3 is 0 Å². The average Bonchev–Trinajstić information content (AvgIpc) is 2.74. The smallest absolute Gasteiger partial charge is 0.224 e. The molecule has 0 saturated carbocycles. The Hall–Kier alpha value is -2.04. The van der Waals surface area contributed by atoms with Gasteiger partial charge in [-0.25, -0.2) is 0 Å². The highest BCUT2D eigenvalue weighted by atomic mass is 16.3. The van der Waals surface area contributed by atoms with Crippen molar-refractivity contribution in [3.05, 3.63) is 24.3 Å². The van der Waals surface area contributed by atoms with Gasteiger partial charge in [0.1, 0.15) is 5.75 Å². The molecule has 82 valence electrons. The molecule has 0 bridgehead atoms. The van der Waals surface area contributed by atoms with Crippen LogP contribution < -0.4 is 5.32 Å². The van der Waals surface area contributed by atoms with Crippen LogP contribution in [0.4, 0.5) is 5.95 Å². The molecular weight excluding hydrogens is 204 g/mol. The van der Waals surface area contributed by atoms with Crippen molar-refractivity contribution in [2.24, 2.45) is 0 Å². The van der Waals surface area contributed by atoms with Crippen LogP contribution in [0.2, 0.25) is 0 Å². The van der Waals surface area contributed by atoms with E-state index in [1.165, 1.54) is 0 Å². The van der Waals surface area contributed by atoms with E-state index in [9.17, 15) is 5.11 Å². The highest BCUT2D eigenvalue weighted by Gasteiger charge is 2.16. The lowest BCUT2D eigenvalue weighted by Crippen LogP contribution is -2.17. The summed E-state index contributed by atoms with van der Waals surface area (Å²) < 4.78 is 2.07. The number of hydrogen-bond acceptors (Lipinski definition) is 4. The van der Waals surface area contributed by atoms with Crippen molar-refractivity contribution in [2.45, 2.75) is 13.0 Å². The normalized spacial score (nSPS) is 14.2. The zero-order chi connectivity index (χ0) is 11.0. The molecule has 2 N–H and O–H groups in total. The third-order valence-electron chi connectivity index (χ3n) is 2.72. The summed E-state index contributed by atoms with van der Waals surface area (Å²) in [6.07, 6.45) is 1.08. The first-order chi connectivity index (χ1) is 7.84. The molecule has 0 atom stereocenters. The summed E-state index contributed by atoms with van der Waals surface area (Å²) in [7, 11) is 0. The molecule has 5 nitrogen and oxygen atoms in total. The van der Waals surface area contributed by atoms with Gasteiger partial charge in [-0.2, -0.15) is 0 Å². The molecule has 0 radical (unpaired) electrons. The number of fused-ring (bicyclic) bond motifs is 1. The molecule has 0 amide bonds. The van der Waals surface area contributed by atoms with Crippen LogP contribution >= 0.6 is 0 Å². The van der Waals surface area contributed by atoms with Crippen molar-refractivity contribution < 1.29 is 5.11 Å². The predicted octanol–water partition coefficient (Wildman–Crippen LogP) is 1.47. The quantitative estimate of drug-likeness (QED) is 0.757. The Morgan fingerprint density at radius 2 is 2.00 bits per heavy atom. The van der Waals surface area contributed by atoms with Crippen LogP contribution in [0.1, 0.15) is 6.42 Å². The van der Waals surface area contributed by atoms with E-state index >= 15 is 0 Å². The maximum absolute atomic E-state index is 9.24. The van der Waals surface area contributed by atoms with Gasteiger partial charge < -0.3 is 10.4 Å².